The molecule has 0 saturated carbocycles. The number of hydrogen-bond donors (Lipinski definition) is 1. The number of amides is 1. The Balaban J connectivity index is -0.000000173. The average Bonchev–Trinajstić information content (AvgIpc) is 3.28. The van der Waals surface area contributed by atoms with Crippen molar-refractivity contribution in [2.24, 2.45) is 5.73 Å². The van der Waals surface area contributed by atoms with E-state index in [0.717, 1.165) is 84.4 Å². The third-order valence-corrected chi connectivity index (χ3v) is 8.43. The summed E-state index contributed by atoms with van der Waals surface area (Å²) in [6.45, 7) is 45.0. The zero-order chi connectivity index (χ0) is 54.9. The summed E-state index contributed by atoms with van der Waals surface area (Å²) in [5, 5.41) is 0. The largest absolute Gasteiger partial charge is 0.462 e. The molecule has 0 fully saturated rings. The SMILES string of the molecule is C=C(C)C(=O)OCCCN(C)C.C=C(C)C(=O)OCCN(C)C.C=C(C)C(=O)OCCN(CC)CC.C=C(CCCN(C)C)C(N)=O.C=CC(=O)OCCN(C)C.C=CC(=O)OCCN(CC)CC. The van der Waals surface area contributed by atoms with Gasteiger partial charge in [-0.3, -0.25) is 4.79 Å². The third kappa shape index (κ3) is 65.1. The normalized spacial score (nSPS) is 9.93. The Morgan fingerprint density at radius 1 is 0.435 bits per heavy atom. The molecule has 0 aliphatic rings. The van der Waals surface area contributed by atoms with Crippen molar-refractivity contribution in [3.8, 4) is 0 Å². The van der Waals surface area contributed by atoms with Crippen LogP contribution < -0.4 is 5.73 Å². The van der Waals surface area contributed by atoms with E-state index in [4.69, 9.17) is 29.4 Å². The predicted molar refractivity (Wildman–Crippen MR) is 282 cm³/mol. The molecule has 0 saturated heterocycles. The second kappa shape index (κ2) is 52.4. The van der Waals surface area contributed by atoms with Gasteiger partial charge in [0.15, 0.2) is 0 Å². The molecule has 402 valence electrons. The smallest absolute Gasteiger partial charge is 0.333 e. The van der Waals surface area contributed by atoms with E-state index in [1.807, 2.05) is 66.2 Å². The lowest BCUT2D eigenvalue weighted by molar-refractivity contribution is -0.140. The van der Waals surface area contributed by atoms with Gasteiger partial charge in [0.05, 0.1) is 6.61 Å². The fourth-order valence-corrected chi connectivity index (χ4v) is 4.04. The molecule has 0 heterocycles. The van der Waals surface area contributed by atoms with Crippen LogP contribution >= 0.6 is 0 Å². The molecule has 0 rings (SSSR count). The number of primary amides is 1. The van der Waals surface area contributed by atoms with Crippen molar-refractivity contribution in [3.05, 3.63) is 73.9 Å². The summed E-state index contributed by atoms with van der Waals surface area (Å²) in [6.07, 6.45) is 4.85. The zero-order valence-corrected chi connectivity index (χ0v) is 45.9. The minimum absolute atomic E-state index is 0.297. The van der Waals surface area contributed by atoms with E-state index in [1.54, 1.807) is 20.8 Å². The lowest BCUT2D eigenvalue weighted by atomic mass is 10.1. The summed E-state index contributed by atoms with van der Waals surface area (Å²) < 4.78 is 24.2. The Kier molecular flexibility index (Phi) is 57.4. The highest BCUT2D eigenvalue weighted by atomic mass is 16.5. The lowest BCUT2D eigenvalue weighted by Crippen LogP contribution is -2.27. The second-order valence-electron chi connectivity index (χ2n) is 16.2. The Labute approximate surface area is 418 Å². The van der Waals surface area contributed by atoms with Crippen LogP contribution in [0.15, 0.2) is 73.9 Å². The minimum atomic E-state index is -0.385. The molecule has 0 aromatic carbocycles. The summed E-state index contributed by atoms with van der Waals surface area (Å²) in [4.78, 5) is 76.5. The van der Waals surface area contributed by atoms with Crippen LogP contribution in [0.1, 0.15) is 67.7 Å². The number of likely N-dealkylation sites (N-methyl/N-ethyl adjacent to an activating group) is 4. The summed E-state index contributed by atoms with van der Waals surface area (Å²) in [5.41, 5.74) is 6.89. The van der Waals surface area contributed by atoms with Crippen molar-refractivity contribution in [3.63, 3.8) is 0 Å². The molecule has 0 unspecified atom stereocenters. The number of rotatable bonds is 30. The average molecular weight is 984 g/mol. The summed E-state index contributed by atoms with van der Waals surface area (Å²) in [6, 6.07) is 0. The highest BCUT2D eigenvalue weighted by Crippen LogP contribution is 2.01. The first-order valence-corrected chi connectivity index (χ1v) is 23.2. The fourth-order valence-electron chi connectivity index (χ4n) is 4.04. The van der Waals surface area contributed by atoms with Crippen LogP contribution in [0.2, 0.25) is 0 Å². The van der Waals surface area contributed by atoms with Crippen LogP contribution in [0, 0.1) is 0 Å². The lowest BCUT2D eigenvalue weighted by Gasteiger charge is -2.17. The van der Waals surface area contributed by atoms with Gasteiger partial charge in [-0.2, -0.15) is 0 Å². The Morgan fingerprint density at radius 3 is 0.986 bits per heavy atom. The van der Waals surface area contributed by atoms with E-state index in [-0.39, 0.29) is 35.8 Å². The van der Waals surface area contributed by atoms with E-state index in [1.165, 1.54) is 6.08 Å². The number of ether oxygens (including phenoxy) is 5. The molecule has 2 N–H and O–H groups in total. The summed E-state index contributed by atoms with van der Waals surface area (Å²) in [5.74, 6) is -2.00. The van der Waals surface area contributed by atoms with Crippen LogP contribution in [0.4, 0.5) is 0 Å². The van der Waals surface area contributed by atoms with Crippen molar-refractivity contribution in [1.29, 1.82) is 0 Å². The monoisotopic (exact) mass is 984 g/mol. The van der Waals surface area contributed by atoms with Gasteiger partial charge in [0.2, 0.25) is 5.91 Å². The molecule has 0 bridgehead atoms. The van der Waals surface area contributed by atoms with Gasteiger partial charge in [-0.25, -0.2) is 24.0 Å². The number of carbonyl (C=O) groups excluding carboxylic acids is 6. The first-order valence-electron chi connectivity index (χ1n) is 23.2. The van der Waals surface area contributed by atoms with Crippen LogP contribution in [-0.2, 0) is 52.5 Å². The van der Waals surface area contributed by atoms with Crippen LogP contribution in [0.3, 0.4) is 0 Å². The molecule has 0 aliphatic heterocycles. The molecule has 69 heavy (non-hydrogen) atoms. The van der Waals surface area contributed by atoms with E-state index in [9.17, 15) is 28.8 Å². The topological polar surface area (TPSA) is 194 Å². The van der Waals surface area contributed by atoms with E-state index < -0.39 is 0 Å². The minimum Gasteiger partial charge on any atom is -0.462 e. The molecule has 0 atom stereocenters. The molecule has 0 radical (unpaired) electrons. The van der Waals surface area contributed by atoms with E-state index in [0.29, 0.717) is 61.7 Å². The van der Waals surface area contributed by atoms with E-state index >= 15 is 0 Å². The third-order valence-electron chi connectivity index (χ3n) is 8.43. The second-order valence-corrected chi connectivity index (χ2v) is 16.2. The number of hydrogen-bond acceptors (Lipinski definition) is 17. The standard InChI is InChI=1S/C10H19NO2.2C9H17NO2.C8H16N2O.C8H15NO2.C7H13NO2/c1-5-11(6-2)7-8-13-10(12)9(3)4;1-8(2)9(11)12-7-5-6-10(3)4;1-4-9(11)12-8-7-10(5-2)6-3;1-7(8(9)11)5-4-6-10(2)3;1-7(2)8(10)11-6-5-9(3)4;1-4-7(9)10-6-5-8(2)3/h3,5-8H2,1-2,4H3;1,5-7H2,2-4H3;4H,1,5-8H2,2-3H3;1,4-6H2,2-3H3,(H2,9,11);1,5-6H2,2-4H3;4H,1,5-6H2,2-3H3. The fraction of sp³-hybridized carbons (Fsp3) is 0.647. The van der Waals surface area contributed by atoms with Gasteiger partial charge in [0.1, 0.15) is 26.4 Å². The Hall–Kier alpha value is -4.98. The van der Waals surface area contributed by atoms with Crippen molar-refractivity contribution < 1.29 is 52.5 Å². The van der Waals surface area contributed by atoms with Crippen molar-refractivity contribution in [2.75, 3.05) is 155 Å². The van der Waals surface area contributed by atoms with Gasteiger partial charge in [-0.1, -0.05) is 67.2 Å². The number of esters is 5. The summed E-state index contributed by atoms with van der Waals surface area (Å²) in [7, 11) is 15.6. The van der Waals surface area contributed by atoms with Gasteiger partial charge in [0.25, 0.3) is 0 Å². The molecule has 1 amide bonds. The molecule has 0 spiro atoms. The maximum Gasteiger partial charge on any atom is 0.333 e. The number of nitrogens with zero attached hydrogens (tertiary/aromatic N) is 6. The van der Waals surface area contributed by atoms with Gasteiger partial charge in [-0.05, 0) is 129 Å². The first-order chi connectivity index (χ1) is 32.1. The van der Waals surface area contributed by atoms with Crippen LogP contribution in [0.5, 0.6) is 0 Å². The Morgan fingerprint density at radius 2 is 0.710 bits per heavy atom. The Bertz CT molecular complexity index is 1420. The van der Waals surface area contributed by atoms with Gasteiger partial charge < -0.3 is 58.8 Å². The number of nitrogens with two attached hydrogens (primary N) is 1. The molecular weight excluding hydrogens is 887 g/mol. The molecule has 0 aromatic heterocycles. The van der Waals surface area contributed by atoms with Crippen LogP contribution in [-0.4, -0.2) is 220 Å². The molecule has 0 aliphatic carbocycles. The zero-order valence-electron chi connectivity index (χ0n) is 45.9. The van der Waals surface area contributed by atoms with E-state index in [2.05, 4.69) is 86.8 Å². The molecule has 0 aromatic rings. The quantitative estimate of drug-likeness (QED) is 0.0443. The summed E-state index contributed by atoms with van der Waals surface area (Å²) >= 11 is 0. The molecule has 18 heteroatoms. The maximum absolute atomic E-state index is 11.0. The first kappa shape index (κ1) is 75.5. The highest BCUT2D eigenvalue weighted by Gasteiger charge is 2.06. The van der Waals surface area contributed by atoms with Crippen molar-refractivity contribution >= 4 is 35.8 Å². The van der Waals surface area contributed by atoms with Gasteiger partial charge >= 0.3 is 29.8 Å². The van der Waals surface area contributed by atoms with Crippen molar-refractivity contribution in [2.45, 2.75) is 67.7 Å². The van der Waals surface area contributed by atoms with Crippen LogP contribution in [0.25, 0.3) is 0 Å². The maximum atomic E-state index is 11.0. The highest BCUT2D eigenvalue weighted by molar-refractivity contribution is 5.91. The van der Waals surface area contributed by atoms with Gasteiger partial charge in [0, 0.05) is 67.2 Å². The molecule has 18 nitrogen and oxygen atoms in total. The molecular formula is C51H97N7O11. The van der Waals surface area contributed by atoms with Gasteiger partial charge in [-0.15, -0.1) is 0 Å². The predicted octanol–water partition coefficient (Wildman–Crippen LogP) is 4.88. The van der Waals surface area contributed by atoms with Crippen molar-refractivity contribution in [1.82, 2.24) is 29.4 Å². The number of carbonyl (C=O) groups is 6.